The van der Waals surface area contributed by atoms with Gasteiger partial charge in [-0.2, -0.15) is 0 Å². The lowest BCUT2D eigenvalue weighted by molar-refractivity contribution is -0.118. The summed E-state index contributed by atoms with van der Waals surface area (Å²) in [5.41, 5.74) is 0. The summed E-state index contributed by atoms with van der Waals surface area (Å²) in [4.78, 5) is 23.2. The largest absolute Gasteiger partial charge is 0.281 e. The van der Waals surface area contributed by atoms with Crippen molar-refractivity contribution in [2.45, 2.75) is 6.42 Å². The summed E-state index contributed by atoms with van der Waals surface area (Å²) in [6.45, 7) is 0. The SMILES string of the molecule is O=C(Cl)CC(=O)Cl.c1ccncc1. The van der Waals surface area contributed by atoms with E-state index < -0.39 is 10.5 Å². The lowest BCUT2D eigenvalue weighted by Gasteiger charge is -1.76. The molecule has 3 nitrogen and oxygen atoms in total. The Morgan fingerprint density at radius 3 is 1.54 bits per heavy atom. The van der Waals surface area contributed by atoms with Gasteiger partial charge in [-0.25, -0.2) is 0 Å². The van der Waals surface area contributed by atoms with Gasteiger partial charge < -0.3 is 0 Å². The second-order valence-electron chi connectivity index (χ2n) is 1.91. The van der Waals surface area contributed by atoms with Crippen LogP contribution < -0.4 is 0 Å². The zero-order valence-corrected chi connectivity index (χ0v) is 8.13. The van der Waals surface area contributed by atoms with Gasteiger partial charge in [-0.3, -0.25) is 14.6 Å². The van der Waals surface area contributed by atoms with E-state index in [4.69, 9.17) is 23.2 Å². The standard InChI is InChI=1S/C5H5N.C3H2Cl2O2/c1-2-4-6-5-3-1;4-2(6)1-3(5)7/h1-5H;1H2. The van der Waals surface area contributed by atoms with Crippen LogP contribution in [0.15, 0.2) is 30.6 Å². The first-order valence-corrected chi connectivity index (χ1v) is 4.10. The zero-order valence-electron chi connectivity index (χ0n) is 6.61. The first kappa shape index (κ1) is 12.1. The maximum Gasteiger partial charge on any atom is 0.230 e. The molecule has 0 unspecified atom stereocenters. The Morgan fingerprint density at radius 2 is 1.46 bits per heavy atom. The molecule has 0 bridgehead atoms. The lowest BCUT2D eigenvalue weighted by Crippen LogP contribution is -1.92. The lowest BCUT2D eigenvalue weighted by atomic mass is 10.5. The molecule has 0 N–H and O–H groups in total. The summed E-state index contributed by atoms with van der Waals surface area (Å²) in [5, 5.41) is -1.44. The number of carbonyl (C=O) groups is 2. The van der Waals surface area contributed by atoms with E-state index in [1.54, 1.807) is 12.4 Å². The predicted octanol–water partition coefficient (Wildman–Crippen LogP) is 1.99. The third-order valence-electron chi connectivity index (χ3n) is 0.844. The van der Waals surface area contributed by atoms with Crippen molar-refractivity contribution in [3.05, 3.63) is 30.6 Å². The highest BCUT2D eigenvalue weighted by Crippen LogP contribution is 1.92. The Labute approximate surface area is 85.7 Å². The van der Waals surface area contributed by atoms with Crippen LogP contribution in [0.4, 0.5) is 0 Å². The number of aromatic nitrogens is 1. The Morgan fingerprint density at radius 1 is 1.00 bits per heavy atom. The Bertz CT molecular complexity index is 225. The molecular weight excluding hydrogens is 213 g/mol. The summed E-state index contributed by atoms with van der Waals surface area (Å²) >= 11 is 9.46. The molecule has 0 saturated carbocycles. The van der Waals surface area contributed by atoms with Crippen LogP contribution in [0.3, 0.4) is 0 Å². The van der Waals surface area contributed by atoms with Crippen molar-refractivity contribution in [3.63, 3.8) is 0 Å². The highest BCUT2D eigenvalue weighted by Gasteiger charge is 2.00. The number of rotatable bonds is 2. The van der Waals surface area contributed by atoms with E-state index in [9.17, 15) is 9.59 Å². The van der Waals surface area contributed by atoms with E-state index in [-0.39, 0.29) is 6.42 Å². The number of halogens is 2. The smallest absolute Gasteiger partial charge is 0.230 e. The molecule has 0 saturated heterocycles. The molecule has 1 rings (SSSR count). The van der Waals surface area contributed by atoms with Gasteiger partial charge in [0.15, 0.2) is 0 Å². The normalized spacial score (nSPS) is 8.15. The fourth-order valence-corrected chi connectivity index (χ4v) is 0.733. The zero-order chi connectivity index (χ0) is 10.1. The minimum absolute atomic E-state index is 0.386. The quantitative estimate of drug-likeness (QED) is 0.565. The van der Waals surface area contributed by atoms with Crippen molar-refractivity contribution in [1.82, 2.24) is 4.98 Å². The van der Waals surface area contributed by atoms with Crippen molar-refractivity contribution < 1.29 is 9.59 Å². The number of hydrogen-bond donors (Lipinski definition) is 0. The highest BCUT2D eigenvalue weighted by atomic mass is 35.5. The van der Waals surface area contributed by atoms with E-state index in [1.165, 1.54) is 0 Å². The van der Waals surface area contributed by atoms with Gasteiger partial charge in [0.25, 0.3) is 0 Å². The summed E-state index contributed by atoms with van der Waals surface area (Å²) in [7, 11) is 0. The van der Waals surface area contributed by atoms with Gasteiger partial charge in [0.05, 0.1) is 6.42 Å². The maximum atomic E-state index is 9.71. The van der Waals surface area contributed by atoms with Crippen LogP contribution in [0.25, 0.3) is 0 Å². The van der Waals surface area contributed by atoms with Gasteiger partial charge in [0, 0.05) is 12.4 Å². The van der Waals surface area contributed by atoms with Gasteiger partial charge in [-0.05, 0) is 35.3 Å². The minimum atomic E-state index is -0.722. The van der Waals surface area contributed by atoms with Crippen LogP contribution >= 0.6 is 23.2 Å². The summed E-state index contributed by atoms with van der Waals surface area (Å²) in [6, 6.07) is 5.72. The first-order valence-electron chi connectivity index (χ1n) is 3.34. The molecule has 0 aromatic carbocycles. The number of pyridine rings is 1. The molecule has 70 valence electrons. The van der Waals surface area contributed by atoms with Crippen molar-refractivity contribution >= 4 is 33.7 Å². The van der Waals surface area contributed by atoms with Crippen molar-refractivity contribution in [2.75, 3.05) is 0 Å². The molecule has 1 aromatic heterocycles. The molecule has 0 fully saturated rings. The second kappa shape index (κ2) is 7.71. The fourth-order valence-electron chi connectivity index (χ4n) is 0.422. The Hall–Kier alpha value is -0.930. The number of carbonyl (C=O) groups excluding carboxylic acids is 2. The third kappa shape index (κ3) is 11.1. The van der Waals surface area contributed by atoms with E-state index in [2.05, 4.69) is 4.98 Å². The Balaban J connectivity index is 0.000000223. The van der Waals surface area contributed by atoms with Gasteiger partial charge >= 0.3 is 0 Å². The molecule has 5 heteroatoms. The average Bonchev–Trinajstić information content (AvgIpc) is 2.06. The third-order valence-corrected chi connectivity index (χ3v) is 1.11. The van der Waals surface area contributed by atoms with E-state index in [0.717, 1.165) is 0 Å². The molecule has 1 heterocycles. The molecule has 0 aliphatic carbocycles. The van der Waals surface area contributed by atoms with Crippen LogP contribution in [0.1, 0.15) is 6.42 Å². The van der Waals surface area contributed by atoms with Crippen LogP contribution in [-0.2, 0) is 9.59 Å². The number of nitrogens with zero attached hydrogens (tertiary/aromatic N) is 1. The fraction of sp³-hybridized carbons (Fsp3) is 0.125. The molecule has 0 amide bonds. The van der Waals surface area contributed by atoms with Gasteiger partial charge in [0.2, 0.25) is 10.5 Å². The van der Waals surface area contributed by atoms with Crippen LogP contribution in [0, 0.1) is 0 Å². The average molecular weight is 220 g/mol. The number of hydrogen-bond acceptors (Lipinski definition) is 3. The molecular formula is C8H7Cl2NO2. The predicted molar refractivity (Wildman–Crippen MR) is 50.6 cm³/mol. The summed E-state index contributed by atoms with van der Waals surface area (Å²) in [6.07, 6.45) is 3.11. The minimum Gasteiger partial charge on any atom is -0.281 e. The van der Waals surface area contributed by atoms with Crippen LogP contribution in [-0.4, -0.2) is 15.5 Å². The molecule has 0 aliphatic heterocycles. The van der Waals surface area contributed by atoms with Crippen molar-refractivity contribution in [2.24, 2.45) is 0 Å². The molecule has 13 heavy (non-hydrogen) atoms. The summed E-state index contributed by atoms with van der Waals surface area (Å²) in [5.74, 6) is 0. The maximum absolute atomic E-state index is 9.71. The van der Waals surface area contributed by atoms with Crippen molar-refractivity contribution in [1.29, 1.82) is 0 Å². The van der Waals surface area contributed by atoms with Crippen molar-refractivity contribution in [3.8, 4) is 0 Å². The molecule has 0 spiro atoms. The molecule has 1 aromatic rings. The molecule has 0 atom stereocenters. The van der Waals surface area contributed by atoms with Crippen LogP contribution in [0.5, 0.6) is 0 Å². The van der Waals surface area contributed by atoms with Gasteiger partial charge in [-0.15, -0.1) is 0 Å². The van der Waals surface area contributed by atoms with E-state index in [0.29, 0.717) is 0 Å². The van der Waals surface area contributed by atoms with Gasteiger partial charge in [0.1, 0.15) is 0 Å². The molecule has 0 radical (unpaired) electrons. The topological polar surface area (TPSA) is 47.0 Å². The van der Waals surface area contributed by atoms with Gasteiger partial charge in [-0.1, -0.05) is 6.07 Å². The highest BCUT2D eigenvalue weighted by molar-refractivity contribution is 6.72. The molecule has 0 aliphatic rings. The first-order chi connectivity index (χ1) is 6.13. The van der Waals surface area contributed by atoms with E-state index in [1.807, 2.05) is 18.2 Å². The van der Waals surface area contributed by atoms with E-state index >= 15 is 0 Å². The Kier molecular flexibility index (Phi) is 7.15. The van der Waals surface area contributed by atoms with Crippen LogP contribution in [0.2, 0.25) is 0 Å². The second-order valence-corrected chi connectivity index (χ2v) is 2.75. The summed E-state index contributed by atoms with van der Waals surface area (Å²) < 4.78 is 0. The monoisotopic (exact) mass is 219 g/mol.